The van der Waals surface area contributed by atoms with E-state index in [4.69, 9.17) is 24.4 Å². The van der Waals surface area contributed by atoms with Gasteiger partial charge in [0, 0.05) is 20.1 Å². The van der Waals surface area contributed by atoms with Crippen molar-refractivity contribution in [2.45, 2.75) is 13.3 Å². The molecule has 70 valence electrons. The second-order valence-corrected chi connectivity index (χ2v) is 3.36. The summed E-state index contributed by atoms with van der Waals surface area (Å²) < 4.78 is 0. The Morgan fingerprint density at radius 1 is 1.17 bits per heavy atom. The van der Waals surface area contributed by atoms with Crippen molar-refractivity contribution in [1.29, 1.82) is 0 Å². The molecule has 0 aliphatic heterocycles. The third kappa shape index (κ3) is 7.68. The van der Waals surface area contributed by atoms with Gasteiger partial charge in [-0.2, -0.15) is 0 Å². The van der Waals surface area contributed by atoms with E-state index in [0.717, 1.165) is 24.5 Å². The number of rotatable bonds is 4. The molecular formula is C7H15N3S2. The quantitative estimate of drug-likeness (QED) is 0.458. The Hall–Kier alpha value is -0.420. The molecular weight excluding hydrogens is 190 g/mol. The molecule has 0 bridgehead atoms. The summed E-state index contributed by atoms with van der Waals surface area (Å²) in [6, 6.07) is 0. The first kappa shape index (κ1) is 11.6. The van der Waals surface area contributed by atoms with Gasteiger partial charge in [-0.25, -0.2) is 0 Å². The van der Waals surface area contributed by atoms with Crippen molar-refractivity contribution in [2.75, 3.05) is 20.1 Å². The van der Waals surface area contributed by atoms with E-state index in [1.807, 2.05) is 6.92 Å². The zero-order chi connectivity index (χ0) is 9.40. The molecule has 0 saturated carbocycles. The highest BCUT2D eigenvalue weighted by Crippen LogP contribution is 1.75. The summed E-state index contributed by atoms with van der Waals surface area (Å²) >= 11 is 9.74. The van der Waals surface area contributed by atoms with Crippen molar-refractivity contribution < 1.29 is 0 Å². The summed E-state index contributed by atoms with van der Waals surface area (Å²) in [6.07, 6.45) is 1.01. The van der Waals surface area contributed by atoms with Gasteiger partial charge in [0.1, 0.15) is 0 Å². The average molecular weight is 205 g/mol. The fourth-order valence-corrected chi connectivity index (χ4v) is 0.847. The fraction of sp³-hybridized carbons (Fsp3) is 0.714. The lowest BCUT2D eigenvalue weighted by Gasteiger charge is -2.07. The molecule has 3 nitrogen and oxygen atoms in total. The van der Waals surface area contributed by atoms with Crippen molar-refractivity contribution >= 4 is 34.5 Å². The normalized spacial score (nSPS) is 8.83. The molecule has 0 radical (unpaired) electrons. The summed E-state index contributed by atoms with van der Waals surface area (Å²) in [5.74, 6) is 0. The zero-order valence-electron chi connectivity index (χ0n) is 7.44. The first-order chi connectivity index (χ1) is 5.66. The maximum Gasteiger partial charge on any atom is 0.166 e. The molecule has 12 heavy (non-hydrogen) atoms. The summed E-state index contributed by atoms with van der Waals surface area (Å²) in [7, 11) is 1.80. The largest absolute Gasteiger partial charge is 0.380 e. The van der Waals surface area contributed by atoms with Crippen LogP contribution < -0.4 is 16.0 Å². The molecule has 0 spiro atoms. The molecule has 3 N–H and O–H groups in total. The Bertz CT molecular complexity index is 159. The Morgan fingerprint density at radius 2 is 1.75 bits per heavy atom. The molecule has 0 rings (SSSR count). The zero-order valence-corrected chi connectivity index (χ0v) is 9.07. The van der Waals surface area contributed by atoms with Crippen molar-refractivity contribution in [3.8, 4) is 0 Å². The van der Waals surface area contributed by atoms with E-state index in [-0.39, 0.29) is 0 Å². The second kappa shape index (κ2) is 7.24. The number of thiocarbonyl (C=S) groups is 2. The molecule has 0 heterocycles. The van der Waals surface area contributed by atoms with Crippen molar-refractivity contribution in [2.24, 2.45) is 0 Å². The predicted molar refractivity (Wildman–Crippen MR) is 60.6 cm³/mol. The molecule has 0 fully saturated rings. The second-order valence-electron chi connectivity index (χ2n) is 2.34. The van der Waals surface area contributed by atoms with Gasteiger partial charge >= 0.3 is 0 Å². The Labute approximate surface area is 84.3 Å². The molecule has 0 amide bonds. The minimum Gasteiger partial charge on any atom is -0.380 e. The molecule has 0 atom stereocenters. The summed E-state index contributed by atoms with van der Waals surface area (Å²) in [6.45, 7) is 3.64. The highest BCUT2D eigenvalue weighted by Gasteiger charge is 1.90. The van der Waals surface area contributed by atoms with Crippen LogP contribution in [0.4, 0.5) is 0 Å². The van der Waals surface area contributed by atoms with Gasteiger partial charge in [-0.3, -0.25) is 0 Å². The maximum absolute atomic E-state index is 4.89. The standard InChI is InChI=1S/C7H15N3S2/c1-6(11)9-4-3-5-10-7(12)8-2/h3-5H2,1-2H3,(H,9,11)(H2,8,10,12). The first-order valence-electron chi connectivity index (χ1n) is 3.87. The van der Waals surface area contributed by atoms with Crippen LogP contribution in [0.1, 0.15) is 13.3 Å². The first-order valence-corrected chi connectivity index (χ1v) is 4.68. The van der Waals surface area contributed by atoms with Gasteiger partial charge in [-0.15, -0.1) is 0 Å². The number of hydrogen-bond acceptors (Lipinski definition) is 2. The van der Waals surface area contributed by atoms with E-state index < -0.39 is 0 Å². The topological polar surface area (TPSA) is 36.1 Å². The van der Waals surface area contributed by atoms with E-state index in [1.54, 1.807) is 7.05 Å². The highest BCUT2D eigenvalue weighted by molar-refractivity contribution is 7.80. The summed E-state index contributed by atoms with van der Waals surface area (Å²) in [5, 5.41) is 9.64. The van der Waals surface area contributed by atoms with Crippen LogP contribution in [0.15, 0.2) is 0 Å². The van der Waals surface area contributed by atoms with E-state index in [2.05, 4.69) is 16.0 Å². The van der Waals surface area contributed by atoms with E-state index in [0.29, 0.717) is 5.11 Å². The van der Waals surface area contributed by atoms with E-state index in [9.17, 15) is 0 Å². The predicted octanol–water partition coefficient (Wildman–Crippen LogP) is 0.407. The van der Waals surface area contributed by atoms with Crippen LogP contribution >= 0.6 is 24.4 Å². The van der Waals surface area contributed by atoms with Crippen molar-refractivity contribution in [3.05, 3.63) is 0 Å². The van der Waals surface area contributed by atoms with Gasteiger partial charge in [0.25, 0.3) is 0 Å². The molecule has 0 aromatic rings. The van der Waals surface area contributed by atoms with Gasteiger partial charge in [0.05, 0.1) is 4.99 Å². The smallest absolute Gasteiger partial charge is 0.166 e. The minimum atomic E-state index is 0.689. The highest BCUT2D eigenvalue weighted by atomic mass is 32.1. The van der Waals surface area contributed by atoms with Gasteiger partial charge < -0.3 is 16.0 Å². The van der Waals surface area contributed by atoms with Gasteiger partial charge in [0.2, 0.25) is 0 Å². The molecule has 5 heteroatoms. The Morgan fingerprint density at radius 3 is 2.25 bits per heavy atom. The van der Waals surface area contributed by atoms with Gasteiger partial charge in [0.15, 0.2) is 5.11 Å². The van der Waals surface area contributed by atoms with E-state index >= 15 is 0 Å². The van der Waals surface area contributed by atoms with Crippen LogP contribution in [-0.4, -0.2) is 30.2 Å². The van der Waals surface area contributed by atoms with Crippen LogP contribution in [0.3, 0.4) is 0 Å². The summed E-state index contributed by atoms with van der Waals surface area (Å²) in [5.41, 5.74) is 0. The van der Waals surface area contributed by atoms with Crippen LogP contribution in [0, 0.1) is 0 Å². The average Bonchev–Trinajstić information content (AvgIpc) is 2.03. The van der Waals surface area contributed by atoms with Crippen molar-refractivity contribution in [1.82, 2.24) is 16.0 Å². The Kier molecular flexibility index (Phi) is 6.99. The molecule has 0 aliphatic rings. The van der Waals surface area contributed by atoms with Gasteiger partial charge in [-0.05, 0) is 25.6 Å². The van der Waals surface area contributed by atoms with Gasteiger partial charge in [-0.1, -0.05) is 12.2 Å². The Balaban J connectivity index is 3.11. The maximum atomic E-state index is 4.89. The molecule has 0 aliphatic carbocycles. The van der Waals surface area contributed by atoms with Crippen LogP contribution in [-0.2, 0) is 0 Å². The lowest BCUT2D eigenvalue weighted by Crippen LogP contribution is -2.34. The third-order valence-electron chi connectivity index (χ3n) is 1.24. The van der Waals surface area contributed by atoms with Crippen LogP contribution in [0.2, 0.25) is 0 Å². The molecule has 0 saturated heterocycles. The molecule has 0 unspecified atom stereocenters. The number of nitrogens with one attached hydrogen (secondary N) is 3. The van der Waals surface area contributed by atoms with Crippen LogP contribution in [0.25, 0.3) is 0 Å². The fourth-order valence-electron chi connectivity index (χ4n) is 0.643. The third-order valence-corrected chi connectivity index (χ3v) is 1.73. The van der Waals surface area contributed by atoms with Crippen LogP contribution in [0.5, 0.6) is 0 Å². The molecule has 0 aromatic carbocycles. The SMILES string of the molecule is CNC(=S)NCCCNC(C)=S. The lowest BCUT2D eigenvalue weighted by molar-refractivity contribution is 0.740. The summed E-state index contributed by atoms with van der Waals surface area (Å²) in [4.78, 5) is 0.839. The van der Waals surface area contributed by atoms with Crippen molar-refractivity contribution in [3.63, 3.8) is 0 Å². The molecule has 0 aromatic heterocycles. The monoisotopic (exact) mass is 205 g/mol. The van der Waals surface area contributed by atoms with E-state index in [1.165, 1.54) is 0 Å². The lowest BCUT2D eigenvalue weighted by atomic mass is 10.4. The number of hydrogen-bond donors (Lipinski definition) is 3. The minimum absolute atomic E-state index is 0.689.